The molecule has 0 fully saturated rings. The molecule has 0 aliphatic heterocycles. The normalized spacial score (nSPS) is 12.6. The Balaban J connectivity index is 0.744. The van der Waals surface area contributed by atoms with Gasteiger partial charge in [0.25, 0.3) is 0 Å². The Bertz CT molecular complexity index is 5650. The van der Waals surface area contributed by atoms with Crippen molar-refractivity contribution in [3.8, 4) is 72.7 Å². The minimum Gasteiger partial charge on any atom is -0.311 e. The van der Waals surface area contributed by atoms with Gasteiger partial charge in [-0.2, -0.15) is 0 Å². The summed E-state index contributed by atoms with van der Waals surface area (Å²) in [4.78, 5) is 2.34. The molecule has 4 nitrogen and oxygen atoms in total. The van der Waals surface area contributed by atoms with Gasteiger partial charge in [-0.3, -0.25) is 0 Å². The van der Waals surface area contributed by atoms with Crippen LogP contribution in [-0.2, 0) is 5.41 Å². The summed E-state index contributed by atoms with van der Waals surface area (Å²) in [6.07, 6.45) is 0. The summed E-state index contributed by atoms with van der Waals surface area (Å²) >= 11 is 0. The van der Waals surface area contributed by atoms with Crippen LogP contribution >= 0.6 is 0 Å². The minimum atomic E-state index is -0.0586. The van der Waals surface area contributed by atoms with Crippen LogP contribution < -0.4 is 4.90 Å². The molecule has 4 heteroatoms. The van der Waals surface area contributed by atoms with Gasteiger partial charge in [0.15, 0.2) is 0 Å². The maximum atomic E-state index is 2.46. The Kier molecular flexibility index (Phi) is 11.9. The lowest BCUT2D eigenvalue weighted by Gasteiger charge is -2.26. The molecule has 0 unspecified atom stereocenters. The lowest BCUT2D eigenvalue weighted by Crippen LogP contribution is -2.14. The first-order valence-electron chi connectivity index (χ1n) is 31.6. The van der Waals surface area contributed by atoms with Crippen molar-refractivity contribution in [3.05, 3.63) is 339 Å². The molecular formula is C87H60N4. The van der Waals surface area contributed by atoms with Crippen LogP contribution in [0.1, 0.15) is 25.0 Å². The second kappa shape index (κ2) is 20.7. The highest BCUT2D eigenvalue weighted by molar-refractivity contribution is 6.13. The molecule has 428 valence electrons. The van der Waals surface area contributed by atoms with Crippen molar-refractivity contribution in [2.75, 3.05) is 4.90 Å². The first-order chi connectivity index (χ1) is 44.9. The Hall–Kier alpha value is -11.7. The fraction of sp³-hybridized carbons (Fsp3) is 0.0345. The van der Waals surface area contributed by atoms with Crippen LogP contribution in [0.4, 0.5) is 17.1 Å². The summed E-state index contributed by atoms with van der Waals surface area (Å²) in [6, 6.07) is 121. The lowest BCUT2D eigenvalue weighted by atomic mass is 9.81. The van der Waals surface area contributed by atoms with Crippen molar-refractivity contribution in [2.24, 2.45) is 0 Å². The van der Waals surface area contributed by atoms with Gasteiger partial charge in [0.2, 0.25) is 0 Å². The molecule has 91 heavy (non-hydrogen) atoms. The van der Waals surface area contributed by atoms with Crippen LogP contribution in [0.25, 0.3) is 138 Å². The van der Waals surface area contributed by atoms with Crippen LogP contribution in [0, 0.1) is 0 Å². The summed E-state index contributed by atoms with van der Waals surface area (Å²) in [5.74, 6) is 0. The predicted molar refractivity (Wildman–Crippen MR) is 383 cm³/mol. The molecule has 17 aromatic rings. The summed E-state index contributed by atoms with van der Waals surface area (Å²) in [5.41, 5.74) is 28.5. The molecule has 0 atom stereocenters. The van der Waals surface area contributed by atoms with Gasteiger partial charge in [-0.15, -0.1) is 0 Å². The van der Waals surface area contributed by atoms with Crippen molar-refractivity contribution < 1.29 is 0 Å². The zero-order chi connectivity index (χ0) is 60.3. The Morgan fingerprint density at radius 1 is 0.220 bits per heavy atom. The average Bonchev–Trinajstić information content (AvgIpc) is 1.66. The van der Waals surface area contributed by atoms with Crippen molar-refractivity contribution in [3.63, 3.8) is 0 Å². The third-order valence-corrected chi connectivity index (χ3v) is 19.4. The van der Waals surface area contributed by atoms with Crippen LogP contribution in [0.3, 0.4) is 0 Å². The largest absolute Gasteiger partial charge is 0.311 e. The Labute approximate surface area is 528 Å². The second-order valence-electron chi connectivity index (χ2n) is 24.9. The Morgan fingerprint density at radius 3 is 1.12 bits per heavy atom. The summed E-state index contributed by atoms with van der Waals surface area (Å²) in [6.45, 7) is 4.71. The smallest absolute Gasteiger partial charge is 0.0541 e. The highest BCUT2D eigenvalue weighted by Crippen LogP contribution is 2.50. The van der Waals surface area contributed by atoms with E-state index in [2.05, 4.69) is 360 Å². The number of anilines is 3. The van der Waals surface area contributed by atoms with Gasteiger partial charge in [-0.05, 0) is 200 Å². The van der Waals surface area contributed by atoms with E-state index in [0.29, 0.717) is 0 Å². The van der Waals surface area contributed by atoms with Crippen molar-refractivity contribution in [1.82, 2.24) is 13.7 Å². The molecule has 0 saturated carbocycles. The third-order valence-electron chi connectivity index (χ3n) is 19.4. The number of hydrogen-bond donors (Lipinski definition) is 0. The number of hydrogen-bond acceptors (Lipinski definition) is 1. The van der Waals surface area contributed by atoms with Gasteiger partial charge in [0, 0.05) is 71.9 Å². The van der Waals surface area contributed by atoms with E-state index in [-0.39, 0.29) is 5.41 Å². The summed E-state index contributed by atoms with van der Waals surface area (Å²) < 4.78 is 7.32. The van der Waals surface area contributed by atoms with E-state index < -0.39 is 0 Å². The number of aromatic nitrogens is 3. The third kappa shape index (κ3) is 8.44. The molecule has 14 aromatic carbocycles. The van der Waals surface area contributed by atoms with Crippen molar-refractivity contribution in [2.45, 2.75) is 19.3 Å². The van der Waals surface area contributed by atoms with Crippen LogP contribution in [-0.4, -0.2) is 13.7 Å². The lowest BCUT2D eigenvalue weighted by molar-refractivity contribution is 0.660. The fourth-order valence-electron chi connectivity index (χ4n) is 15.0. The molecule has 0 amide bonds. The van der Waals surface area contributed by atoms with Crippen LogP contribution in [0.2, 0.25) is 0 Å². The molecule has 3 heterocycles. The monoisotopic (exact) mass is 1160 g/mol. The van der Waals surface area contributed by atoms with Crippen LogP contribution in [0.5, 0.6) is 0 Å². The highest BCUT2D eigenvalue weighted by Gasteiger charge is 2.35. The molecule has 0 saturated heterocycles. The van der Waals surface area contributed by atoms with Gasteiger partial charge >= 0.3 is 0 Å². The quantitative estimate of drug-likeness (QED) is 0.133. The van der Waals surface area contributed by atoms with Gasteiger partial charge in [-0.25, -0.2) is 0 Å². The number of benzene rings is 14. The number of para-hydroxylation sites is 5. The molecule has 0 spiro atoms. The maximum absolute atomic E-state index is 2.46. The van der Waals surface area contributed by atoms with E-state index in [1.54, 1.807) is 0 Å². The highest BCUT2D eigenvalue weighted by atomic mass is 15.1. The van der Waals surface area contributed by atoms with Crippen molar-refractivity contribution in [1.29, 1.82) is 0 Å². The predicted octanol–water partition coefficient (Wildman–Crippen LogP) is 23.4. The SMILES string of the molecule is CC1(C)c2ccccc2-c2ccc(-c3ccc(-n4c5ccccc5c5cc(-c6cc(-c7ccc8c(c7)c7ccccc7n8-c7ccc(N(c8ccccc8)c8ccc(-c9ccccc9)cc8)cc7)cc(-n7c8ccccc8c8ccccc87)c6)ccc54)cc3)cc21. The zero-order valence-corrected chi connectivity index (χ0v) is 50.5. The first kappa shape index (κ1) is 52.4. The molecule has 18 rings (SSSR count). The summed E-state index contributed by atoms with van der Waals surface area (Å²) in [5, 5.41) is 7.33. The van der Waals surface area contributed by atoms with Crippen LogP contribution in [0.15, 0.2) is 328 Å². The minimum absolute atomic E-state index is 0.0586. The summed E-state index contributed by atoms with van der Waals surface area (Å²) in [7, 11) is 0. The van der Waals surface area contributed by atoms with E-state index in [0.717, 1.165) is 67.4 Å². The van der Waals surface area contributed by atoms with Gasteiger partial charge < -0.3 is 18.6 Å². The standard InChI is InChI=1S/C87H60N4/c1-87(2)79-28-14-9-23-71(79)72-48-37-62(56-80(72)87)59-35-42-68(43-36-59)89-83-31-17-12-26-75(83)77-54-60(38-49-85(77)89)63-51-64(53-70(52-63)91-81-29-15-10-24-73(81)74-25-11-16-30-82(74)91)61-39-50-86-78(55-61)76-27-13-18-32-84(76)90(86)69-46-44-67(45-47-69)88(65-21-7-4-8-22-65)66-40-33-58(34-41-66)57-19-5-3-6-20-57/h3-56H,1-2H3. The zero-order valence-electron chi connectivity index (χ0n) is 50.5. The molecule has 1 aliphatic rings. The molecule has 3 aromatic heterocycles. The van der Waals surface area contributed by atoms with Gasteiger partial charge in [0.1, 0.15) is 0 Å². The second-order valence-corrected chi connectivity index (χ2v) is 24.9. The molecule has 0 radical (unpaired) electrons. The number of rotatable bonds is 10. The van der Waals surface area contributed by atoms with E-state index >= 15 is 0 Å². The van der Waals surface area contributed by atoms with E-state index in [1.165, 1.54) is 98.9 Å². The maximum Gasteiger partial charge on any atom is 0.0541 e. The van der Waals surface area contributed by atoms with E-state index in [9.17, 15) is 0 Å². The topological polar surface area (TPSA) is 18.0 Å². The molecule has 0 N–H and O–H groups in total. The number of fused-ring (bicyclic) bond motifs is 12. The van der Waals surface area contributed by atoms with Gasteiger partial charge in [0.05, 0.1) is 33.1 Å². The molecule has 1 aliphatic carbocycles. The first-order valence-corrected chi connectivity index (χ1v) is 31.6. The van der Waals surface area contributed by atoms with E-state index in [4.69, 9.17) is 0 Å². The molecule has 0 bridgehead atoms. The Morgan fingerprint density at radius 2 is 0.571 bits per heavy atom. The molecular weight excluding hydrogens is 1100 g/mol. The fourth-order valence-corrected chi connectivity index (χ4v) is 15.0. The average molecular weight is 1160 g/mol. The van der Waals surface area contributed by atoms with Crippen molar-refractivity contribution >= 4 is 82.5 Å². The number of nitrogens with zero attached hydrogens (tertiary/aromatic N) is 4. The van der Waals surface area contributed by atoms with Gasteiger partial charge in [-0.1, -0.05) is 208 Å². The van der Waals surface area contributed by atoms with E-state index in [1.807, 2.05) is 0 Å².